The van der Waals surface area contributed by atoms with E-state index in [1.807, 2.05) is 12.1 Å². The van der Waals surface area contributed by atoms with Crippen LogP contribution in [0.3, 0.4) is 0 Å². The van der Waals surface area contributed by atoms with Crippen LogP contribution in [0.1, 0.15) is 6.92 Å². The Labute approximate surface area is 113 Å². The summed E-state index contributed by atoms with van der Waals surface area (Å²) < 4.78 is 16.3. The Bertz CT molecular complexity index is 492. The largest absolute Gasteiger partial charge is 0.493 e. The topological polar surface area (TPSA) is 51.8 Å². The quantitative estimate of drug-likeness (QED) is 0.855. The number of benzene rings is 1. The van der Waals surface area contributed by atoms with E-state index in [1.54, 1.807) is 14.2 Å². The zero-order valence-electron chi connectivity index (χ0n) is 11.6. The van der Waals surface area contributed by atoms with Gasteiger partial charge in [-0.3, -0.25) is 0 Å². The van der Waals surface area contributed by atoms with E-state index < -0.39 is 0 Å². The van der Waals surface area contributed by atoms with Crippen molar-refractivity contribution in [3.63, 3.8) is 0 Å². The number of ether oxygens (including phenoxy) is 3. The predicted octanol–water partition coefficient (Wildman–Crippen LogP) is 1.95. The van der Waals surface area contributed by atoms with Crippen molar-refractivity contribution in [2.75, 3.05) is 44.6 Å². The summed E-state index contributed by atoms with van der Waals surface area (Å²) >= 11 is 0. The molecular weight excluding hydrogens is 244 g/mol. The number of rotatable bonds is 2. The number of hydrogen-bond donors (Lipinski definition) is 2. The van der Waals surface area contributed by atoms with Crippen molar-refractivity contribution in [1.82, 2.24) is 0 Å². The Morgan fingerprint density at radius 1 is 1.21 bits per heavy atom. The van der Waals surface area contributed by atoms with Crippen LogP contribution >= 0.6 is 0 Å². The summed E-state index contributed by atoms with van der Waals surface area (Å²) in [6.45, 7) is 4.64. The van der Waals surface area contributed by atoms with Gasteiger partial charge < -0.3 is 24.8 Å². The molecule has 2 aliphatic rings. The number of nitrogens with one attached hydrogen (secondary N) is 2. The summed E-state index contributed by atoms with van der Waals surface area (Å²) in [4.78, 5) is 0. The van der Waals surface area contributed by atoms with Crippen molar-refractivity contribution in [2.24, 2.45) is 5.41 Å². The minimum Gasteiger partial charge on any atom is -0.493 e. The van der Waals surface area contributed by atoms with Crippen molar-refractivity contribution in [1.29, 1.82) is 0 Å². The molecule has 0 radical (unpaired) electrons. The first-order valence-electron chi connectivity index (χ1n) is 6.50. The highest BCUT2D eigenvalue weighted by atomic mass is 16.5. The monoisotopic (exact) mass is 264 g/mol. The van der Waals surface area contributed by atoms with Gasteiger partial charge in [-0.2, -0.15) is 0 Å². The van der Waals surface area contributed by atoms with Gasteiger partial charge in [0.2, 0.25) is 0 Å². The fraction of sp³-hybridized carbons (Fsp3) is 0.571. The van der Waals surface area contributed by atoms with Crippen molar-refractivity contribution in [2.45, 2.75) is 13.0 Å². The molecule has 5 heteroatoms. The molecule has 0 amide bonds. The number of fused-ring (bicyclic) bond motifs is 2. The fourth-order valence-electron chi connectivity index (χ4n) is 2.73. The molecule has 0 saturated carbocycles. The van der Waals surface area contributed by atoms with E-state index in [2.05, 4.69) is 17.6 Å². The molecule has 1 saturated heterocycles. The molecule has 1 aromatic rings. The van der Waals surface area contributed by atoms with Gasteiger partial charge in [-0.1, -0.05) is 6.92 Å². The summed E-state index contributed by atoms with van der Waals surface area (Å²) in [6.07, 6.45) is 0. The van der Waals surface area contributed by atoms with Crippen LogP contribution in [0.5, 0.6) is 11.5 Å². The normalized spacial score (nSPS) is 28.5. The summed E-state index contributed by atoms with van der Waals surface area (Å²) in [6, 6.07) is 4.27. The Balaban J connectivity index is 1.99. The standard InChI is InChI=1S/C14H20N2O3/c1-14-7-15-9-4-11(17-2)12(18-3)5-10(9)16-13(14)6-19-8-14/h4-5,13,15-16H,6-8H2,1-3H3. The van der Waals surface area contributed by atoms with E-state index in [0.29, 0.717) is 6.04 Å². The van der Waals surface area contributed by atoms with E-state index in [0.717, 1.165) is 42.6 Å². The maximum absolute atomic E-state index is 5.61. The summed E-state index contributed by atoms with van der Waals surface area (Å²) in [5.41, 5.74) is 2.20. The van der Waals surface area contributed by atoms with Gasteiger partial charge in [0.1, 0.15) is 0 Å². The molecule has 0 bridgehead atoms. The second-order valence-corrected chi connectivity index (χ2v) is 5.47. The first-order valence-corrected chi connectivity index (χ1v) is 6.50. The average molecular weight is 264 g/mol. The Kier molecular flexibility index (Phi) is 2.93. The smallest absolute Gasteiger partial charge is 0.162 e. The first-order chi connectivity index (χ1) is 9.16. The molecule has 0 aliphatic carbocycles. The van der Waals surface area contributed by atoms with Gasteiger partial charge in [0.15, 0.2) is 11.5 Å². The molecular formula is C14H20N2O3. The molecule has 1 fully saturated rings. The molecule has 2 unspecified atom stereocenters. The van der Waals surface area contributed by atoms with E-state index in [4.69, 9.17) is 14.2 Å². The maximum Gasteiger partial charge on any atom is 0.162 e. The highest BCUT2D eigenvalue weighted by Gasteiger charge is 2.42. The van der Waals surface area contributed by atoms with E-state index >= 15 is 0 Å². The lowest BCUT2D eigenvalue weighted by Gasteiger charge is -2.27. The Hall–Kier alpha value is -1.62. The lowest BCUT2D eigenvalue weighted by molar-refractivity contribution is 0.164. The molecule has 2 aliphatic heterocycles. The zero-order valence-corrected chi connectivity index (χ0v) is 11.6. The maximum atomic E-state index is 5.61. The zero-order chi connectivity index (χ0) is 13.5. The molecule has 5 nitrogen and oxygen atoms in total. The van der Waals surface area contributed by atoms with Gasteiger partial charge in [-0.15, -0.1) is 0 Å². The SMILES string of the molecule is COc1cc2c(cc1OC)NC1COCC1(C)CN2. The molecule has 2 atom stereocenters. The predicted molar refractivity (Wildman–Crippen MR) is 74.4 cm³/mol. The molecule has 3 rings (SSSR count). The van der Waals surface area contributed by atoms with E-state index in [-0.39, 0.29) is 5.41 Å². The summed E-state index contributed by atoms with van der Waals surface area (Å²) in [5, 5.41) is 7.05. The number of anilines is 2. The summed E-state index contributed by atoms with van der Waals surface area (Å²) in [7, 11) is 3.30. The first kappa shape index (κ1) is 12.4. The number of hydrogen-bond acceptors (Lipinski definition) is 5. The fourth-order valence-corrected chi connectivity index (χ4v) is 2.73. The Morgan fingerprint density at radius 3 is 2.58 bits per heavy atom. The number of methoxy groups -OCH3 is 2. The second kappa shape index (κ2) is 4.49. The minimum absolute atomic E-state index is 0.111. The molecule has 2 heterocycles. The highest BCUT2D eigenvalue weighted by molar-refractivity contribution is 5.75. The summed E-state index contributed by atoms with van der Waals surface area (Å²) in [5.74, 6) is 1.47. The minimum atomic E-state index is 0.111. The van der Waals surface area contributed by atoms with Crippen LogP contribution in [0, 0.1) is 5.41 Å². The third kappa shape index (κ3) is 1.98. The lowest BCUT2D eigenvalue weighted by Crippen LogP contribution is -2.40. The third-order valence-corrected chi connectivity index (χ3v) is 4.09. The van der Waals surface area contributed by atoms with Crippen LogP contribution in [-0.2, 0) is 4.74 Å². The molecule has 0 aromatic heterocycles. The van der Waals surface area contributed by atoms with Crippen LogP contribution in [0.15, 0.2) is 12.1 Å². The van der Waals surface area contributed by atoms with Crippen LogP contribution in [0.4, 0.5) is 11.4 Å². The van der Waals surface area contributed by atoms with E-state index in [9.17, 15) is 0 Å². The van der Waals surface area contributed by atoms with Crippen LogP contribution < -0.4 is 20.1 Å². The molecule has 0 spiro atoms. The van der Waals surface area contributed by atoms with Crippen molar-refractivity contribution >= 4 is 11.4 Å². The van der Waals surface area contributed by atoms with Crippen LogP contribution in [-0.4, -0.2) is 40.0 Å². The highest BCUT2D eigenvalue weighted by Crippen LogP contribution is 2.42. The van der Waals surface area contributed by atoms with Gasteiger partial charge in [-0.25, -0.2) is 0 Å². The second-order valence-electron chi connectivity index (χ2n) is 5.47. The lowest BCUT2D eigenvalue weighted by atomic mass is 9.85. The van der Waals surface area contributed by atoms with Crippen LogP contribution in [0.2, 0.25) is 0 Å². The third-order valence-electron chi connectivity index (χ3n) is 4.09. The van der Waals surface area contributed by atoms with Crippen molar-refractivity contribution in [3.8, 4) is 11.5 Å². The molecule has 19 heavy (non-hydrogen) atoms. The van der Waals surface area contributed by atoms with E-state index in [1.165, 1.54) is 0 Å². The average Bonchev–Trinajstić information content (AvgIpc) is 2.72. The van der Waals surface area contributed by atoms with Gasteiger partial charge in [0.25, 0.3) is 0 Å². The van der Waals surface area contributed by atoms with Gasteiger partial charge >= 0.3 is 0 Å². The molecule has 104 valence electrons. The van der Waals surface area contributed by atoms with Crippen LogP contribution in [0.25, 0.3) is 0 Å². The van der Waals surface area contributed by atoms with Crippen molar-refractivity contribution < 1.29 is 14.2 Å². The van der Waals surface area contributed by atoms with Gasteiger partial charge in [-0.05, 0) is 0 Å². The van der Waals surface area contributed by atoms with Gasteiger partial charge in [0.05, 0.1) is 44.8 Å². The Morgan fingerprint density at radius 2 is 1.89 bits per heavy atom. The molecule has 1 aromatic carbocycles. The van der Waals surface area contributed by atoms with Crippen molar-refractivity contribution in [3.05, 3.63) is 12.1 Å². The molecule has 2 N–H and O–H groups in total. The van der Waals surface area contributed by atoms with Gasteiger partial charge in [0, 0.05) is 24.1 Å².